The molecule has 0 saturated heterocycles. The zero-order valence-corrected chi connectivity index (χ0v) is 12.4. The summed E-state index contributed by atoms with van der Waals surface area (Å²) in [6, 6.07) is 7.34. The smallest absolute Gasteiger partial charge is 0.374 e. The first-order chi connectivity index (χ1) is 10.1. The molecule has 112 valence electrons. The summed E-state index contributed by atoms with van der Waals surface area (Å²) in [6.07, 6.45) is 2.09. The summed E-state index contributed by atoms with van der Waals surface area (Å²) in [5, 5.41) is 12.8. The maximum atomic E-state index is 10.9. The topological polar surface area (TPSA) is 72.6 Å². The number of hydrogen-bond donors (Lipinski definition) is 1. The molecule has 21 heavy (non-hydrogen) atoms. The molecular formula is C16H19NO4. The number of benzene rings is 1. The largest absolute Gasteiger partial charge is 0.496 e. The first kappa shape index (κ1) is 15.1. The molecule has 1 heterocycles. The van der Waals surface area contributed by atoms with Crippen molar-refractivity contribution >= 4 is 5.97 Å². The highest BCUT2D eigenvalue weighted by molar-refractivity contribution is 5.86. The van der Waals surface area contributed by atoms with Crippen LogP contribution in [0, 0.1) is 0 Å². The minimum atomic E-state index is -1.14. The van der Waals surface area contributed by atoms with Gasteiger partial charge in [-0.2, -0.15) is 0 Å². The predicted octanol–water partition coefficient (Wildman–Crippen LogP) is 3.95. The number of aromatic nitrogens is 1. The standard InChI is InChI=1S/C16H19NO4/c1-4-10(5-2)11-6-7-14(20-3)12(8-11)13-9-15(16(18)19)21-17-13/h6-10H,4-5H2,1-3H3,(H,18,19). The van der Waals surface area contributed by atoms with Crippen LogP contribution in [0.25, 0.3) is 11.3 Å². The summed E-state index contributed by atoms with van der Waals surface area (Å²) >= 11 is 0. The quantitative estimate of drug-likeness (QED) is 0.871. The molecule has 1 aromatic carbocycles. The van der Waals surface area contributed by atoms with Crippen LogP contribution in [0.15, 0.2) is 28.8 Å². The number of carboxylic acid groups (broad SMARTS) is 1. The van der Waals surface area contributed by atoms with E-state index in [9.17, 15) is 4.79 Å². The Hall–Kier alpha value is -2.30. The molecule has 2 aromatic rings. The van der Waals surface area contributed by atoms with Gasteiger partial charge in [-0.3, -0.25) is 0 Å². The summed E-state index contributed by atoms with van der Waals surface area (Å²) < 4.78 is 10.2. The van der Waals surface area contributed by atoms with Crippen molar-refractivity contribution in [2.45, 2.75) is 32.6 Å². The number of aromatic carboxylic acids is 1. The number of methoxy groups -OCH3 is 1. The Morgan fingerprint density at radius 1 is 1.33 bits per heavy atom. The number of hydrogen-bond acceptors (Lipinski definition) is 4. The van der Waals surface area contributed by atoms with E-state index in [1.165, 1.54) is 11.6 Å². The third kappa shape index (κ3) is 3.07. The van der Waals surface area contributed by atoms with Crippen LogP contribution in [0.2, 0.25) is 0 Å². The summed E-state index contributed by atoms with van der Waals surface area (Å²) in [5.74, 6) is -0.209. The van der Waals surface area contributed by atoms with Crippen LogP contribution in [-0.4, -0.2) is 23.3 Å². The van der Waals surface area contributed by atoms with Crippen LogP contribution in [0.4, 0.5) is 0 Å². The lowest BCUT2D eigenvalue weighted by Gasteiger charge is -2.15. The van der Waals surface area contributed by atoms with Gasteiger partial charge in [0.15, 0.2) is 0 Å². The van der Waals surface area contributed by atoms with Gasteiger partial charge >= 0.3 is 5.97 Å². The van der Waals surface area contributed by atoms with E-state index in [0.717, 1.165) is 18.4 Å². The Balaban J connectivity index is 2.48. The lowest BCUT2D eigenvalue weighted by Crippen LogP contribution is -1.97. The van der Waals surface area contributed by atoms with Crippen LogP contribution in [0.5, 0.6) is 5.75 Å². The van der Waals surface area contributed by atoms with E-state index in [-0.39, 0.29) is 5.76 Å². The fourth-order valence-electron chi connectivity index (χ4n) is 2.44. The lowest BCUT2D eigenvalue weighted by atomic mass is 9.92. The van der Waals surface area contributed by atoms with E-state index in [1.54, 1.807) is 7.11 Å². The molecule has 2 rings (SSSR count). The predicted molar refractivity (Wildman–Crippen MR) is 78.8 cm³/mol. The molecule has 0 spiro atoms. The van der Waals surface area contributed by atoms with Crippen molar-refractivity contribution < 1.29 is 19.2 Å². The molecule has 0 atom stereocenters. The molecular weight excluding hydrogens is 270 g/mol. The van der Waals surface area contributed by atoms with E-state index in [0.29, 0.717) is 17.4 Å². The Morgan fingerprint density at radius 3 is 2.57 bits per heavy atom. The average molecular weight is 289 g/mol. The number of carboxylic acids is 1. The highest BCUT2D eigenvalue weighted by Crippen LogP contribution is 2.34. The monoisotopic (exact) mass is 289 g/mol. The van der Waals surface area contributed by atoms with E-state index in [2.05, 4.69) is 19.0 Å². The Bertz CT molecular complexity index is 629. The number of ether oxygens (including phenoxy) is 1. The van der Waals surface area contributed by atoms with Crippen molar-refractivity contribution in [3.63, 3.8) is 0 Å². The van der Waals surface area contributed by atoms with Crippen molar-refractivity contribution in [1.82, 2.24) is 5.16 Å². The minimum Gasteiger partial charge on any atom is -0.496 e. The number of carbonyl (C=O) groups is 1. The molecule has 1 aromatic heterocycles. The van der Waals surface area contributed by atoms with Crippen molar-refractivity contribution in [3.8, 4) is 17.0 Å². The molecule has 0 aliphatic rings. The first-order valence-electron chi connectivity index (χ1n) is 6.99. The van der Waals surface area contributed by atoms with Gasteiger partial charge in [-0.05, 0) is 36.5 Å². The molecule has 0 unspecified atom stereocenters. The van der Waals surface area contributed by atoms with Gasteiger partial charge in [-0.15, -0.1) is 0 Å². The molecule has 0 bridgehead atoms. The second-order valence-corrected chi connectivity index (χ2v) is 4.85. The second-order valence-electron chi connectivity index (χ2n) is 4.85. The zero-order valence-electron chi connectivity index (χ0n) is 12.4. The molecule has 5 nitrogen and oxygen atoms in total. The maximum absolute atomic E-state index is 10.9. The molecule has 0 aliphatic carbocycles. The zero-order chi connectivity index (χ0) is 15.4. The molecule has 0 saturated carbocycles. The fraction of sp³-hybridized carbons (Fsp3) is 0.375. The van der Waals surface area contributed by atoms with Crippen molar-refractivity contribution in [2.75, 3.05) is 7.11 Å². The third-order valence-electron chi connectivity index (χ3n) is 3.68. The highest BCUT2D eigenvalue weighted by atomic mass is 16.5. The van der Waals surface area contributed by atoms with E-state index in [4.69, 9.17) is 14.4 Å². The van der Waals surface area contributed by atoms with Gasteiger partial charge in [-0.1, -0.05) is 25.1 Å². The molecule has 0 fully saturated rings. The van der Waals surface area contributed by atoms with Crippen LogP contribution in [0.3, 0.4) is 0 Å². The summed E-state index contributed by atoms with van der Waals surface area (Å²) in [6.45, 7) is 4.30. The SMILES string of the molecule is CCC(CC)c1ccc(OC)c(-c2cc(C(=O)O)on2)c1. The summed E-state index contributed by atoms with van der Waals surface area (Å²) in [4.78, 5) is 10.9. The van der Waals surface area contributed by atoms with Gasteiger partial charge in [0.25, 0.3) is 0 Å². The molecule has 5 heteroatoms. The summed E-state index contributed by atoms with van der Waals surface area (Å²) in [5.41, 5.74) is 2.41. The van der Waals surface area contributed by atoms with Crippen LogP contribution < -0.4 is 4.74 Å². The minimum absolute atomic E-state index is 0.181. The second kappa shape index (κ2) is 6.43. The highest BCUT2D eigenvalue weighted by Gasteiger charge is 2.17. The van der Waals surface area contributed by atoms with Gasteiger partial charge in [0.2, 0.25) is 5.76 Å². The van der Waals surface area contributed by atoms with Crippen LogP contribution in [0.1, 0.15) is 48.7 Å². The average Bonchev–Trinajstić information content (AvgIpc) is 2.98. The van der Waals surface area contributed by atoms with Gasteiger partial charge in [0.1, 0.15) is 11.4 Å². The van der Waals surface area contributed by atoms with E-state index < -0.39 is 5.97 Å². The molecule has 0 amide bonds. The Labute approximate surface area is 123 Å². The molecule has 0 radical (unpaired) electrons. The first-order valence-corrected chi connectivity index (χ1v) is 6.99. The third-order valence-corrected chi connectivity index (χ3v) is 3.68. The number of nitrogens with zero attached hydrogens (tertiary/aromatic N) is 1. The maximum Gasteiger partial charge on any atom is 0.374 e. The Morgan fingerprint density at radius 2 is 2.05 bits per heavy atom. The lowest BCUT2D eigenvalue weighted by molar-refractivity contribution is 0.0652. The summed E-state index contributed by atoms with van der Waals surface area (Å²) in [7, 11) is 1.58. The van der Waals surface area contributed by atoms with Crippen LogP contribution in [-0.2, 0) is 0 Å². The van der Waals surface area contributed by atoms with Gasteiger partial charge < -0.3 is 14.4 Å². The fourth-order valence-corrected chi connectivity index (χ4v) is 2.44. The van der Waals surface area contributed by atoms with Crippen molar-refractivity contribution in [3.05, 3.63) is 35.6 Å². The Kier molecular flexibility index (Phi) is 4.62. The van der Waals surface area contributed by atoms with Crippen LogP contribution >= 0.6 is 0 Å². The normalized spacial score (nSPS) is 10.9. The van der Waals surface area contributed by atoms with Gasteiger partial charge in [0.05, 0.1) is 7.11 Å². The molecule has 0 aliphatic heterocycles. The van der Waals surface area contributed by atoms with Crippen molar-refractivity contribution in [1.29, 1.82) is 0 Å². The van der Waals surface area contributed by atoms with Gasteiger partial charge in [-0.25, -0.2) is 4.79 Å². The molecule has 1 N–H and O–H groups in total. The van der Waals surface area contributed by atoms with Gasteiger partial charge in [0, 0.05) is 11.6 Å². The van der Waals surface area contributed by atoms with E-state index in [1.807, 2.05) is 18.2 Å². The van der Waals surface area contributed by atoms with E-state index >= 15 is 0 Å². The van der Waals surface area contributed by atoms with Crippen molar-refractivity contribution in [2.24, 2.45) is 0 Å². The number of rotatable bonds is 6.